The Morgan fingerprint density at radius 2 is 1.79 bits per heavy atom. The van der Waals surface area contributed by atoms with Crippen molar-refractivity contribution in [3.63, 3.8) is 0 Å². The van der Waals surface area contributed by atoms with Gasteiger partial charge in [0, 0.05) is 45.1 Å². The molecule has 0 aliphatic carbocycles. The lowest BCUT2D eigenvalue weighted by Gasteiger charge is -2.34. The summed E-state index contributed by atoms with van der Waals surface area (Å²) in [6, 6.07) is 4.01. The largest absolute Gasteiger partial charge is 0.340 e. The molecule has 0 atom stereocenters. The Hall–Kier alpha value is -1.75. The van der Waals surface area contributed by atoms with Crippen LogP contribution in [0, 0.1) is 0 Å². The third kappa shape index (κ3) is 4.13. The second-order valence-corrected chi connectivity index (χ2v) is 4.89. The molecule has 2 heterocycles. The van der Waals surface area contributed by atoms with Gasteiger partial charge in [-0.25, -0.2) is 0 Å². The Kier molecular flexibility index (Phi) is 4.63. The molecule has 1 saturated heterocycles. The van der Waals surface area contributed by atoms with Gasteiger partial charge in [-0.3, -0.25) is 19.5 Å². The first-order valence-corrected chi connectivity index (χ1v) is 6.53. The van der Waals surface area contributed by atoms with Crippen LogP contribution in [0.2, 0.25) is 0 Å². The summed E-state index contributed by atoms with van der Waals surface area (Å²) in [5.74, 6) is -0.111. The Morgan fingerprint density at radius 1 is 1.16 bits per heavy atom. The van der Waals surface area contributed by atoms with Gasteiger partial charge in [-0.2, -0.15) is 0 Å². The Morgan fingerprint density at radius 3 is 2.37 bits per heavy atom. The van der Waals surface area contributed by atoms with E-state index in [1.54, 1.807) is 17.3 Å². The number of hydrogen-bond donors (Lipinski definition) is 0. The van der Waals surface area contributed by atoms with E-state index in [0.717, 1.165) is 19.6 Å². The summed E-state index contributed by atoms with van der Waals surface area (Å²) in [6.45, 7) is 5.46. The van der Waals surface area contributed by atoms with E-state index in [0.29, 0.717) is 13.1 Å². The Bertz CT molecular complexity index is 439. The van der Waals surface area contributed by atoms with E-state index in [2.05, 4.69) is 9.88 Å². The first-order chi connectivity index (χ1) is 9.15. The topological polar surface area (TPSA) is 53.5 Å². The van der Waals surface area contributed by atoms with Gasteiger partial charge in [0.25, 0.3) is 0 Å². The number of nitrogens with zero attached hydrogens (tertiary/aromatic N) is 3. The second kappa shape index (κ2) is 6.43. The summed E-state index contributed by atoms with van der Waals surface area (Å²) < 4.78 is 0. The van der Waals surface area contributed by atoms with E-state index in [4.69, 9.17) is 0 Å². The predicted molar refractivity (Wildman–Crippen MR) is 71.4 cm³/mol. The Labute approximate surface area is 113 Å². The van der Waals surface area contributed by atoms with Crippen molar-refractivity contribution in [3.8, 4) is 0 Å². The van der Waals surface area contributed by atoms with Crippen LogP contribution >= 0.6 is 0 Å². The van der Waals surface area contributed by atoms with E-state index in [-0.39, 0.29) is 18.1 Å². The molecule has 0 bridgehead atoms. The fraction of sp³-hybridized carbons (Fsp3) is 0.500. The van der Waals surface area contributed by atoms with Gasteiger partial charge in [-0.05, 0) is 24.6 Å². The minimum Gasteiger partial charge on any atom is -0.340 e. The molecule has 0 spiro atoms. The van der Waals surface area contributed by atoms with Crippen molar-refractivity contribution < 1.29 is 9.59 Å². The van der Waals surface area contributed by atoms with E-state index in [1.165, 1.54) is 12.5 Å². The number of amides is 1. The van der Waals surface area contributed by atoms with E-state index < -0.39 is 0 Å². The molecule has 1 aromatic rings. The highest BCUT2D eigenvalue weighted by Crippen LogP contribution is 2.08. The summed E-state index contributed by atoms with van der Waals surface area (Å²) in [7, 11) is 0. The number of aromatic nitrogens is 1. The molecular weight excluding hydrogens is 242 g/mol. The van der Waals surface area contributed by atoms with Crippen LogP contribution in [0.25, 0.3) is 0 Å². The number of ketones is 1. The molecule has 5 nitrogen and oxygen atoms in total. The molecular formula is C14H19N3O2. The summed E-state index contributed by atoms with van der Waals surface area (Å²) in [4.78, 5) is 30.8. The lowest BCUT2D eigenvalue weighted by atomic mass is 10.2. The zero-order valence-electron chi connectivity index (χ0n) is 11.2. The fourth-order valence-electron chi connectivity index (χ4n) is 2.23. The molecule has 1 aliphatic heterocycles. The highest BCUT2D eigenvalue weighted by molar-refractivity contribution is 5.96. The van der Waals surface area contributed by atoms with Crippen molar-refractivity contribution in [3.05, 3.63) is 30.1 Å². The van der Waals surface area contributed by atoms with Gasteiger partial charge in [0.1, 0.15) is 5.78 Å². The van der Waals surface area contributed by atoms with Crippen molar-refractivity contribution in [1.82, 2.24) is 14.8 Å². The fourth-order valence-corrected chi connectivity index (χ4v) is 2.23. The molecule has 0 saturated carbocycles. The Balaban J connectivity index is 1.79. The number of carbonyl (C=O) groups excluding carboxylic acids is 2. The van der Waals surface area contributed by atoms with Crippen LogP contribution in [0.15, 0.2) is 24.5 Å². The molecule has 0 aromatic carbocycles. The molecule has 1 aromatic heterocycles. The third-order valence-corrected chi connectivity index (χ3v) is 3.28. The molecule has 0 N–H and O–H groups in total. The number of carbonyl (C=O) groups is 2. The average molecular weight is 261 g/mol. The zero-order valence-corrected chi connectivity index (χ0v) is 11.2. The summed E-state index contributed by atoms with van der Waals surface area (Å²) >= 11 is 0. The molecule has 1 aliphatic rings. The molecule has 102 valence electrons. The van der Waals surface area contributed by atoms with Crippen molar-refractivity contribution in [1.29, 1.82) is 0 Å². The number of rotatable bonds is 4. The minimum atomic E-state index is -0.0655. The van der Waals surface area contributed by atoms with Crippen LogP contribution in [0.4, 0.5) is 0 Å². The van der Waals surface area contributed by atoms with Gasteiger partial charge in [0.2, 0.25) is 5.91 Å². The summed E-state index contributed by atoms with van der Waals surface area (Å²) in [5.41, 5.74) is 1.23. The van der Waals surface area contributed by atoms with Gasteiger partial charge in [0.05, 0.1) is 6.42 Å². The van der Waals surface area contributed by atoms with Gasteiger partial charge < -0.3 is 4.90 Å². The zero-order chi connectivity index (χ0) is 13.7. The van der Waals surface area contributed by atoms with Crippen molar-refractivity contribution in [2.24, 2.45) is 0 Å². The maximum Gasteiger partial charge on any atom is 0.230 e. The van der Waals surface area contributed by atoms with Crippen molar-refractivity contribution in [2.45, 2.75) is 19.9 Å². The summed E-state index contributed by atoms with van der Waals surface area (Å²) in [5, 5.41) is 0. The SMILES string of the molecule is CC(=O)CC(=O)N1CCN(Cc2ccncc2)CC1. The lowest BCUT2D eigenvalue weighted by Crippen LogP contribution is -2.48. The number of piperazine rings is 1. The van der Waals surface area contributed by atoms with Crippen LogP contribution in [-0.4, -0.2) is 52.7 Å². The average Bonchev–Trinajstić information content (AvgIpc) is 2.40. The maximum absolute atomic E-state index is 11.8. The quantitative estimate of drug-likeness (QED) is 0.749. The molecule has 5 heteroatoms. The van der Waals surface area contributed by atoms with Gasteiger partial charge in [-0.15, -0.1) is 0 Å². The normalized spacial score (nSPS) is 16.4. The predicted octanol–water partition coefficient (Wildman–Crippen LogP) is 0.705. The van der Waals surface area contributed by atoms with E-state index >= 15 is 0 Å². The third-order valence-electron chi connectivity index (χ3n) is 3.28. The van der Waals surface area contributed by atoms with Gasteiger partial charge in [-0.1, -0.05) is 0 Å². The lowest BCUT2D eigenvalue weighted by molar-refractivity contribution is -0.136. The van der Waals surface area contributed by atoms with Crippen LogP contribution in [0.5, 0.6) is 0 Å². The standard InChI is InChI=1S/C14H19N3O2/c1-12(18)10-14(19)17-8-6-16(7-9-17)11-13-2-4-15-5-3-13/h2-5H,6-11H2,1H3. The monoisotopic (exact) mass is 261 g/mol. The molecule has 0 radical (unpaired) electrons. The van der Waals surface area contributed by atoms with Crippen molar-refractivity contribution >= 4 is 11.7 Å². The smallest absolute Gasteiger partial charge is 0.230 e. The highest BCUT2D eigenvalue weighted by atomic mass is 16.2. The van der Waals surface area contributed by atoms with E-state index in [1.807, 2.05) is 12.1 Å². The molecule has 1 fully saturated rings. The first-order valence-electron chi connectivity index (χ1n) is 6.53. The number of Topliss-reactive ketones (excluding diaryl/α,β-unsaturated/α-hetero) is 1. The van der Waals surface area contributed by atoms with Gasteiger partial charge in [0.15, 0.2) is 0 Å². The summed E-state index contributed by atoms with van der Waals surface area (Å²) in [6.07, 6.45) is 3.62. The van der Waals surface area contributed by atoms with Crippen LogP contribution in [0.3, 0.4) is 0 Å². The van der Waals surface area contributed by atoms with Gasteiger partial charge >= 0.3 is 0 Å². The van der Waals surface area contributed by atoms with E-state index in [9.17, 15) is 9.59 Å². The molecule has 1 amide bonds. The highest BCUT2D eigenvalue weighted by Gasteiger charge is 2.21. The second-order valence-electron chi connectivity index (χ2n) is 4.89. The first kappa shape index (κ1) is 13.7. The number of pyridine rings is 1. The van der Waals surface area contributed by atoms with Crippen LogP contribution in [-0.2, 0) is 16.1 Å². The minimum absolute atomic E-state index is 0.0321. The van der Waals surface area contributed by atoms with Crippen molar-refractivity contribution in [2.75, 3.05) is 26.2 Å². The molecule has 19 heavy (non-hydrogen) atoms. The van der Waals surface area contributed by atoms with Crippen LogP contribution < -0.4 is 0 Å². The van der Waals surface area contributed by atoms with Crippen LogP contribution in [0.1, 0.15) is 18.9 Å². The number of hydrogen-bond acceptors (Lipinski definition) is 4. The molecule has 0 unspecified atom stereocenters. The maximum atomic E-state index is 11.8. The molecule has 2 rings (SSSR count).